The lowest BCUT2D eigenvalue weighted by atomic mass is 10.1. The minimum atomic E-state index is -0.332. The Bertz CT molecular complexity index is 792. The van der Waals surface area contributed by atoms with E-state index in [1.807, 2.05) is 7.05 Å². The summed E-state index contributed by atoms with van der Waals surface area (Å²) in [4.78, 5) is 10.5. The van der Waals surface area contributed by atoms with Crippen LogP contribution in [0.4, 0.5) is 4.39 Å². The highest BCUT2D eigenvalue weighted by molar-refractivity contribution is 5.52. The second-order valence-corrected chi connectivity index (χ2v) is 5.68. The summed E-state index contributed by atoms with van der Waals surface area (Å²) < 4.78 is 18.9. The second kappa shape index (κ2) is 7.27. The van der Waals surface area contributed by atoms with Gasteiger partial charge in [0.25, 0.3) is 0 Å². The molecule has 0 bridgehead atoms. The Morgan fingerprint density at radius 3 is 2.88 bits per heavy atom. The lowest BCUT2D eigenvalue weighted by molar-refractivity contribution is 0.224. The zero-order valence-corrected chi connectivity index (χ0v) is 13.6. The average molecular weight is 327 g/mol. The van der Waals surface area contributed by atoms with Gasteiger partial charge in [0.2, 0.25) is 11.8 Å². The van der Waals surface area contributed by atoms with Crippen molar-refractivity contribution in [1.82, 2.24) is 25.1 Å². The van der Waals surface area contributed by atoms with Gasteiger partial charge in [-0.15, -0.1) is 10.2 Å². The monoisotopic (exact) mass is 327 g/mol. The molecular formula is C17H18FN5O. The molecule has 0 amide bonds. The van der Waals surface area contributed by atoms with Gasteiger partial charge in [-0.3, -0.25) is 14.9 Å². The normalized spacial score (nSPS) is 12.5. The van der Waals surface area contributed by atoms with Crippen LogP contribution in [0, 0.1) is 5.82 Å². The summed E-state index contributed by atoms with van der Waals surface area (Å²) in [6, 6.07) is 6.33. The van der Waals surface area contributed by atoms with Crippen molar-refractivity contribution in [2.24, 2.45) is 0 Å². The molecule has 0 fully saturated rings. The van der Waals surface area contributed by atoms with Crippen LogP contribution in [0.5, 0.6) is 0 Å². The minimum absolute atomic E-state index is 0.228. The van der Waals surface area contributed by atoms with Crippen LogP contribution in [0.15, 0.2) is 47.3 Å². The number of likely N-dealkylation sites (N-methyl/N-ethyl adjacent to an activating group) is 1. The van der Waals surface area contributed by atoms with Crippen molar-refractivity contribution in [2.45, 2.75) is 25.9 Å². The third-order valence-electron chi connectivity index (χ3n) is 3.80. The van der Waals surface area contributed by atoms with E-state index < -0.39 is 0 Å². The number of aromatic nitrogens is 4. The van der Waals surface area contributed by atoms with Crippen molar-refractivity contribution in [3.63, 3.8) is 0 Å². The molecule has 0 aliphatic carbocycles. The number of hydrogen-bond acceptors (Lipinski definition) is 6. The lowest BCUT2D eigenvalue weighted by Crippen LogP contribution is -2.30. The quantitative estimate of drug-likeness (QED) is 0.693. The molecule has 0 saturated carbocycles. The molecule has 0 spiro atoms. The maximum atomic E-state index is 13.3. The first kappa shape index (κ1) is 16.2. The summed E-state index contributed by atoms with van der Waals surface area (Å²) in [5.74, 6) is 0.476. The molecule has 6 nitrogen and oxygen atoms in total. The third-order valence-corrected chi connectivity index (χ3v) is 3.80. The number of nitrogens with zero attached hydrogens (tertiary/aromatic N) is 5. The Morgan fingerprint density at radius 2 is 2.12 bits per heavy atom. The summed E-state index contributed by atoms with van der Waals surface area (Å²) >= 11 is 0. The van der Waals surface area contributed by atoms with Crippen LogP contribution in [0.2, 0.25) is 0 Å². The van der Waals surface area contributed by atoms with E-state index in [4.69, 9.17) is 4.42 Å². The van der Waals surface area contributed by atoms with Gasteiger partial charge in [-0.05, 0) is 32.2 Å². The molecule has 0 aliphatic rings. The summed E-state index contributed by atoms with van der Waals surface area (Å²) in [6.07, 6.45) is 5.88. The fourth-order valence-corrected chi connectivity index (χ4v) is 2.32. The first-order valence-electron chi connectivity index (χ1n) is 7.65. The summed E-state index contributed by atoms with van der Waals surface area (Å²) in [5.41, 5.74) is 1.51. The highest BCUT2D eigenvalue weighted by Crippen LogP contribution is 2.19. The largest absolute Gasteiger partial charge is 0.419 e. The summed E-state index contributed by atoms with van der Waals surface area (Å²) in [6.45, 7) is 2.60. The summed E-state index contributed by atoms with van der Waals surface area (Å²) in [5, 5.41) is 8.03. The van der Waals surface area contributed by atoms with Crippen LogP contribution in [0.25, 0.3) is 11.5 Å². The fraction of sp³-hybridized carbons (Fsp3) is 0.294. The molecule has 2 heterocycles. The zero-order chi connectivity index (χ0) is 16.9. The van der Waals surface area contributed by atoms with Crippen molar-refractivity contribution in [2.75, 3.05) is 7.05 Å². The summed E-state index contributed by atoms with van der Waals surface area (Å²) in [7, 11) is 1.98. The molecule has 0 radical (unpaired) electrons. The van der Waals surface area contributed by atoms with Crippen LogP contribution in [0.1, 0.15) is 18.5 Å². The molecule has 1 aromatic carbocycles. The molecule has 24 heavy (non-hydrogen) atoms. The van der Waals surface area contributed by atoms with E-state index in [1.54, 1.807) is 30.7 Å². The Hall–Kier alpha value is -2.67. The van der Waals surface area contributed by atoms with Crippen molar-refractivity contribution < 1.29 is 8.81 Å². The van der Waals surface area contributed by atoms with Crippen LogP contribution in [-0.4, -0.2) is 38.2 Å². The van der Waals surface area contributed by atoms with E-state index in [9.17, 15) is 4.39 Å². The topological polar surface area (TPSA) is 67.9 Å². The van der Waals surface area contributed by atoms with Gasteiger partial charge in [0.1, 0.15) is 5.82 Å². The third kappa shape index (κ3) is 3.99. The second-order valence-electron chi connectivity index (χ2n) is 5.68. The average Bonchev–Trinajstić information content (AvgIpc) is 3.04. The van der Waals surface area contributed by atoms with Gasteiger partial charge in [0.15, 0.2) is 0 Å². The molecule has 0 unspecified atom stereocenters. The van der Waals surface area contributed by atoms with Crippen molar-refractivity contribution in [3.8, 4) is 11.5 Å². The maximum Gasteiger partial charge on any atom is 0.247 e. The smallest absolute Gasteiger partial charge is 0.247 e. The molecule has 7 heteroatoms. The van der Waals surface area contributed by atoms with Gasteiger partial charge in [-0.25, -0.2) is 4.39 Å². The SMILES string of the molecule is C[C@H](Cc1cnccn1)N(C)Cc1nnc(-c2cccc(F)c2)o1. The van der Waals surface area contributed by atoms with E-state index in [1.165, 1.54) is 12.1 Å². The van der Waals surface area contributed by atoms with Crippen LogP contribution >= 0.6 is 0 Å². The van der Waals surface area contributed by atoms with Crippen molar-refractivity contribution in [3.05, 3.63) is 60.3 Å². The Balaban J connectivity index is 1.63. The molecule has 0 aliphatic heterocycles. The van der Waals surface area contributed by atoms with Gasteiger partial charge >= 0.3 is 0 Å². The van der Waals surface area contributed by atoms with Crippen molar-refractivity contribution in [1.29, 1.82) is 0 Å². The lowest BCUT2D eigenvalue weighted by Gasteiger charge is -2.22. The number of benzene rings is 1. The fourth-order valence-electron chi connectivity index (χ4n) is 2.32. The van der Waals surface area contributed by atoms with Crippen LogP contribution in [0.3, 0.4) is 0 Å². The molecule has 3 rings (SSSR count). The first-order valence-corrected chi connectivity index (χ1v) is 7.65. The predicted octanol–water partition coefficient (Wildman–Crippen LogP) is 2.73. The van der Waals surface area contributed by atoms with Gasteiger partial charge in [-0.1, -0.05) is 6.07 Å². The van der Waals surface area contributed by atoms with Crippen LogP contribution < -0.4 is 0 Å². The number of hydrogen-bond donors (Lipinski definition) is 0. The molecule has 1 atom stereocenters. The molecule has 0 N–H and O–H groups in total. The van der Waals surface area contributed by atoms with E-state index in [-0.39, 0.29) is 11.9 Å². The molecule has 0 saturated heterocycles. The Kier molecular flexibility index (Phi) is 4.90. The zero-order valence-electron chi connectivity index (χ0n) is 13.6. The molecule has 2 aromatic heterocycles. The van der Waals surface area contributed by atoms with Gasteiger partial charge in [0, 0.05) is 36.6 Å². The van der Waals surface area contributed by atoms with Gasteiger partial charge in [0.05, 0.1) is 12.2 Å². The maximum absolute atomic E-state index is 13.3. The number of rotatable bonds is 6. The van der Waals surface area contributed by atoms with Gasteiger partial charge in [-0.2, -0.15) is 0 Å². The Labute approximate surface area is 139 Å². The minimum Gasteiger partial charge on any atom is -0.419 e. The van der Waals surface area contributed by atoms with E-state index in [2.05, 4.69) is 32.0 Å². The number of halogens is 1. The van der Waals surface area contributed by atoms with E-state index in [0.29, 0.717) is 23.9 Å². The molecule has 3 aromatic rings. The predicted molar refractivity (Wildman–Crippen MR) is 86.4 cm³/mol. The van der Waals surface area contributed by atoms with Crippen LogP contribution in [-0.2, 0) is 13.0 Å². The van der Waals surface area contributed by atoms with E-state index in [0.717, 1.165) is 12.1 Å². The first-order chi connectivity index (χ1) is 11.6. The van der Waals surface area contributed by atoms with Crippen molar-refractivity contribution >= 4 is 0 Å². The molecule has 124 valence electrons. The Morgan fingerprint density at radius 1 is 1.25 bits per heavy atom. The van der Waals surface area contributed by atoms with Gasteiger partial charge < -0.3 is 4.42 Å². The standard InChI is InChI=1S/C17H18FN5O/c1-12(8-15-10-19-6-7-20-15)23(2)11-16-21-22-17(24-16)13-4-3-5-14(18)9-13/h3-7,9-10,12H,8,11H2,1-2H3/t12-/m1/s1. The van der Waals surface area contributed by atoms with E-state index >= 15 is 0 Å². The molecular weight excluding hydrogens is 309 g/mol. The highest BCUT2D eigenvalue weighted by Gasteiger charge is 2.15. The highest BCUT2D eigenvalue weighted by atomic mass is 19.1.